The number of hydrogen-bond donors (Lipinski definition) is 0. The molecule has 0 bridgehead atoms. The molecule has 0 radical (unpaired) electrons. The highest BCUT2D eigenvalue weighted by Gasteiger charge is 2.30. The van der Waals surface area contributed by atoms with Gasteiger partial charge in [0, 0.05) is 0 Å². The molecule has 1 aromatic heterocycles. The van der Waals surface area contributed by atoms with Crippen molar-refractivity contribution in [2.75, 3.05) is 0 Å². The highest BCUT2D eigenvalue weighted by molar-refractivity contribution is 6.29. The molecule has 0 fully saturated rings. The van der Waals surface area contributed by atoms with Crippen LogP contribution in [0.1, 0.15) is 5.56 Å². The van der Waals surface area contributed by atoms with Crippen LogP contribution in [0.3, 0.4) is 0 Å². The Morgan fingerprint density at radius 3 is 2.69 bits per heavy atom. The number of fused-ring (bicyclic) bond motifs is 1. The van der Waals surface area contributed by atoms with E-state index in [0.717, 1.165) is 10.1 Å². The molecule has 2 aromatic rings. The summed E-state index contributed by atoms with van der Waals surface area (Å²) in [6, 6.07) is 5.08. The van der Waals surface area contributed by atoms with Crippen molar-refractivity contribution in [3.05, 3.63) is 29.0 Å². The van der Waals surface area contributed by atoms with Crippen LogP contribution < -0.4 is 0 Å². The van der Waals surface area contributed by atoms with Crippen molar-refractivity contribution in [3.8, 4) is 0 Å². The van der Waals surface area contributed by atoms with Crippen molar-refractivity contribution >= 4 is 22.6 Å². The predicted molar refractivity (Wildman–Crippen MR) is 55.5 cm³/mol. The average Bonchev–Trinajstić information content (AvgIpc) is 2.42. The third-order valence-electron chi connectivity index (χ3n) is 2.19. The molecule has 0 unspecified atom stereocenters. The summed E-state index contributed by atoms with van der Waals surface area (Å²) in [6.45, 7) is 0.685. The van der Waals surface area contributed by atoms with Crippen LogP contribution in [0.4, 0.5) is 13.2 Å². The van der Waals surface area contributed by atoms with E-state index in [-0.39, 0.29) is 5.28 Å². The van der Waals surface area contributed by atoms with Gasteiger partial charge in [0.2, 0.25) is 5.28 Å². The molecule has 0 aliphatic rings. The number of benzene rings is 1. The molecule has 0 atom stereocenters. The Labute approximate surface area is 94.6 Å². The molecule has 1 heterocycles. The van der Waals surface area contributed by atoms with E-state index in [1.807, 2.05) is 0 Å². The molecule has 0 amide bonds. The standard InChI is InChI=1S/C10H8ClF3N2/c1-6-2-3-7-8(4-6)16(9(11)15-7)5-10(12,13)14/h2-4H,5H2,1H3. The number of hydrogen-bond acceptors (Lipinski definition) is 1. The van der Waals surface area contributed by atoms with Crippen LogP contribution in [0, 0.1) is 6.92 Å². The molecule has 1 aromatic carbocycles. The number of aromatic nitrogens is 2. The lowest BCUT2D eigenvalue weighted by Crippen LogP contribution is -2.17. The van der Waals surface area contributed by atoms with Crippen molar-refractivity contribution in [3.63, 3.8) is 0 Å². The molecule has 0 aliphatic carbocycles. The first kappa shape index (κ1) is 11.3. The van der Waals surface area contributed by atoms with Gasteiger partial charge >= 0.3 is 6.18 Å². The van der Waals surface area contributed by atoms with Crippen LogP contribution >= 0.6 is 11.6 Å². The first-order chi connectivity index (χ1) is 7.37. The summed E-state index contributed by atoms with van der Waals surface area (Å²) >= 11 is 5.68. The van der Waals surface area contributed by atoms with Gasteiger partial charge in [-0.15, -0.1) is 0 Å². The second-order valence-corrected chi connectivity index (χ2v) is 3.91. The highest BCUT2D eigenvalue weighted by atomic mass is 35.5. The summed E-state index contributed by atoms with van der Waals surface area (Å²) < 4.78 is 37.9. The maximum Gasteiger partial charge on any atom is 0.406 e. The van der Waals surface area contributed by atoms with E-state index in [4.69, 9.17) is 11.6 Å². The summed E-state index contributed by atoms with van der Waals surface area (Å²) in [7, 11) is 0. The summed E-state index contributed by atoms with van der Waals surface area (Å²) in [5.41, 5.74) is 1.75. The highest BCUT2D eigenvalue weighted by Crippen LogP contribution is 2.26. The lowest BCUT2D eigenvalue weighted by Gasteiger charge is -2.09. The topological polar surface area (TPSA) is 17.8 Å². The van der Waals surface area contributed by atoms with Crippen molar-refractivity contribution in [2.45, 2.75) is 19.6 Å². The SMILES string of the molecule is Cc1ccc2nc(Cl)n(CC(F)(F)F)c2c1. The number of nitrogens with zero attached hydrogens (tertiary/aromatic N) is 2. The lowest BCUT2D eigenvalue weighted by molar-refractivity contribution is -0.139. The number of imidazole rings is 1. The molecule has 0 saturated carbocycles. The van der Waals surface area contributed by atoms with Gasteiger partial charge in [-0.3, -0.25) is 0 Å². The first-order valence-electron chi connectivity index (χ1n) is 4.56. The van der Waals surface area contributed by atoms with Gasteiger partial charge in [0.25, 0.3) is 0 Å². The molecule has 0 aliphatic heterocycles. The Balaban J connectivity index is 2.58. The maximum atomic E-state index is 12.3. The number of alkyl halides is 3. The number of halogens is 4. The molecule has 6 heteroatoms. The van der Waals surface area contributed by atoms with Gasteiger partial charge in [0.15, 0.2) is 0 Å². The van der Waals surface area contributed by atoms with Crippen molar-refractivity contribution in [1.29, 1.82) is 0 Å². The minimum Gasteiger partial charge on any atom is -0.305 e. The zero-order valence-electron chi connectivity index (χ0n) is 8.35. The fourth-order valence-corrected chi connectivity index (χ4v) is 1.77. The monoisotopic (exact) mass is 248 g/mol. The first-order valence-corrected chi connectivity index (χ1v) is 4.94. The Morgan fingerprint density at radius 2 is 2.06 bits per heavy atom. The zero-order valence-corrected chi connectivity index (χ0v) is 9.10. The van der Waals surface area contributed by atoms with Crippen LogP contribution in [0.5, 0.6) is 0 Å². The van der Waals surface area contributed by atoms with Gasteiger partial charge in [-0.05, 0) is 36.2 Å². The molecular formula is C10H8ClF3N2. The van der Waals surface area contributed by atoms with E-state index < -0.39 is 12.7 Å². The van der Waals surface area contributed by atoms with Crippen LogP contribution in [-0.2, 0) is 6.54 Å². The molecule has 0 N–H and O–H groups in total. The third-order valence-corrected chi connectivity index (χ3v) is 2.48. The van der Waals surface area contributed by atoms with E-state index >= 15 is 0 Å². The molecule has 0 saturated heterocycles. The van der Waals surface area contributed by atoms with E-state index in [1.165, 1.54) is 0 Å². The van der Waals surface area contributed by atoms with Crippen LogP contribution in [0.2, 0.25) is 5.28 Å². The van der Waals surface area contributed by atoms with Crippen LogP contribution in [0.25, 0.3) is 11.0 Å². The Bertz CT molecular complexity index is 531. The lowest BCUT2D eigenvalue weighted by atomic mass is 10.2. The van der Waals surface area contributed by atoms with Crippen molar-refractivity contribution < 1.29 is 13.2 Å². The fourth-order valence-electron chi connectivity index (χ4n) is 1.53. The van der Waals surface area contributed by atoms with Crippen LogP contribution in [-0.4, -0.2) is 15.7 Å². The minimum atomic E-state index is -4.30. The van der Waals surface area contributed by atoms with Gasteiger partial charge in [0.05, 0.1) is 11.0 Å². The Kier molecular flexibility index (Phi) is 2.58. The largest absolute Gasteiger partial charge is 0.406 e. The second-order valence-electron chi connectivity index (χ2n) is 3.57. The Morgan fingerprint density at radius 1 is 1.38 bits per heavy atom. The third kappa shape index (κ3) is 2.14. The normalized spacial score (nSPS) is 12.3. The summed E-state index contributed by atoms with van der Waals surface area (Å²) in [5, 5.41) is -0.141. The van der Waals surface area contributed by atoms with Gasteiger partial charge in [-0.2, -0.15) is 13.2 Å². The molecular weight excluding hydrogens is 241 g/mol. The smallest absolute Gasteiger partial charge is 0.305 e. The van der Waals surface area contributed by atoms with Crippen LogP contribution in [0.15, 0.2) is 18.2 Å². The van der Waals surface area contributed by atoms with E-state index in [2.05, 4.69) is 4.98 Å². The van der Waals surface area contributed by atoms with Gasteiger partial charge < -0.3 is 4.57 Å². The molecule has 2 rings (SSSR count). The second kappa shape index (κ2) is 3.66. The minimum absolute atomic E-state index is 0.141. The molecule has 86 valence electrons. The molecule has 16 heavy (non-hydrogen) atoms. The van der Waals surface area contributed by atoms with Gasteiger partial charge in [0.1, 0.15) is 6.54 Å². The average molecular weight is 249 g/mol. The number of rotatable bonds is 1. The van der Waals surface area contributed by atoms with Gasteiger partial charge in [-0.1, -0.05) is 6.07 Å². The molecule has 2 nitrogen and oxygen atoms in total. The van der Waals surface area contributed by atoms with Gasteiger partial charge in [-0.25, -0.2) is 4.98 Å². The van der Waals surface area contributed by atoms with E-state index in [1.54, 1.807) is 25.1 Å². The van der Waals surface area contributed by atoms with E-state index in [0.29, 0.717) is 11.0 Å². The summed E-state index contributed by atoms with van der Waals surface area (Å²) in [5.74, 6) is 0. The summed E-state index contributed by atoms with van der Waals surface area (Å²) in [6.07, 6.45) is -4.30. The quantitative estimate of drug-likeness (QED) is 0.755. The maximum absolute atomic E-state index is 12.3. The predicted octanol–water partition coefficient (Wildman–Crippen LogP) is 3.56. The number of aryl methyl sites for hydroxylation is 1. The van der Waals surface area contributed by atoms with E-state index in [9.17, 15) is 13.2 Å². The summed E-state index contributed by atoms with van der Waals surface area (Å²) in [4.78, 5) is 3.87. The van der Waals surface area contributed by atoms with Crippen molar-refractivity contribution in [1.82, 2.24) is 9.55 Å². The fraction of sp³-hybridized carbons (Fsp3) is 0.300. The molecule has 0 spiro atoms. The van der Waals surface area contributed by atoms with Crippen molar-refractivity contribution in [2.24, 2.45) is 0 Å². The Hall–Kier alpha value is -1.23. The zero-order chi connectivity index (χ0) is 11.9.